The Morgan fingerprint density at radius 1 is 1.29 bits per heavy atom. The van der Waals surface area contributed by atoms with Crippen LogP contribution in [-0.2, 0) is 30.9 Å². The smallest absolute Gasteiger partial charge is 0.266 e. The molecule has 2 aromatic heterocycles. The molecule has 2 amide bonds. The van der Waals surface area contributed by atoms with Gasteiger partial charge in [-0.25, -0.2) is 8.42 Å². The number of thiophene rings is 1. The van der Waals surface area contributed by atoms with E-state index in [0.717, 1.165) is 21.6 Å². The van der Waals surface area contributed by atoms with Gasteiger partial charge in [0.15, 0.2) is 4.80 Å². The molecule has 34 heavy (non-hydrogen) atoms. The van der Waals surface area contributed by atoms with Gasteiger partial charge in [-0.3, -0.25) is 9.59 Å². The molecule has 1 aromatic carbocycles. The average Bonchev–Trinajstić information content (AvgIpc) is 3.54. The first-order valence-corrected chi connectivity index (χ1v) is 14.1. The van der Waals surface area contributed by atoms with E-state index < -0.39 is 22.0 Å². The van der Waals surface area contributed by atoms with Crippen LogP contribution >= 0.6 is 22.7 Å². The number of carbonyl (C=O) groups is 2. The minimum Gasteiger partial charge on any atom is -0.380 e. The average molecular weight is 523 g/mol. The molecule has 3 heterocycles. The number of rotatable bonds is 8. The molecule has 1 N–H and O–H groups in total. The molecule has 0 bridgehead atoms. The molecule has 1 fully saturated rings. The monoisotopic (exact) mass is 522 g/mol. The van der Waals surface area contributed by atoms with E-state index in [-0.39, 0.29) is 10.1 Å². The van der Waals surface area contributed by atoms with Gasteiger partial charge in [0.1, 0.15) is 10.3 Å². The Bertz CT molecular complexity index is 1360. The third-order valence-electron chi connectivity index (χ3n) is 5.42. The lowest BCUT2D eigenvalue weighted by Crippen LogP contribution is -2.40. The SMILES string of the molecule is CCOCCn1c(=NC(=O)C2CCCN2S(=O)(=O)c2cccs2)sc2cc(NC(C)=O)ccc21. The molecule has 0 spiro atoms. The summed E-state index contributed by atoms with van der Waals surface area (Å²) in [5, 5.41) is 4.47. The third-order valence-corrected chi connectivity index (χ3v) is 9.74. The van der Waals surface area contributed by atoms with Gasteiger partial charge in [0.2, 0.25) is 5.91 Å². The fraction of sp³-hybridized carbons (Fsp3) is 0.409. The highest BCUT2D eigenvalue weighted by molar-refractivity contribution is 7.91. The van der Waals surface area contributed by atoms with Gasteiger partial charge < -0.3 is 14.6 Å². The summed E-state index contributed by atoms with van der Waals surface area (Å²) >= 11 is 2.46. The molecule has 1 aliphatic heterocycles. The number of benzene rings is 1. The summed E-state index contributed by atoms with van der Waals surface area (Å²) in [6.07, 6.45) is 1.04. The van der Waals surface area contributed by atoms with Crippen LogP contribution < -0.4 is 10.1 Å². The number of ether oxygens (including phenoxy) is 1. The topological polar surface area (TPSA) is 110 Å². The summed E-state index contributed by atoms with van der Waals surface area (Å²) in [5.41, 5.74) is 1.51. The van der Waals surface area contributed by atoms with Crippen molar-refractivity contribution in [2.75, 3.05) is 25.1 Å². The summed E-state index contributed by atoms with van der Waals surface area (Å²) < 4.78 is 35.9. The fourth-order valence-corrected chi connectivity index (χ4v) is 7.80. The molecule has 0 aliphatic carbocycles. The van der Waals surface area contributed by atoms with Crippen LogP contribution in [0.4, 0.5) is 5.69 Å². The van der Waals surface area contributed by atoms with Crippen LogP contribution in [0.3, 0.4) is 0 Å². The van der Waals surface area contributed by atoms with Crippen LogP contribution in [-0.4, -0.2) is 54.9 Å². The maximum absolute atomic E-state index is 13.2. The van der Waals surface area contributed by atoms with E-state index in [4.69, 9.17) is 4.74 Å². The van der Waals surface area contributed by atoms with Crippen molar-refractivity contribution in [1.29, 1.82) is 0 Å². The van der Waals surface area contributed by atoms with Gasteiger partial charge in [-0.05, 0) is 49.4 Å². The zero-order valence-electron chi connectivity index (χ0n) is 18.9. The van der Waals surface area contributed by atoms with Crippen molar-refractivity contribution in [2.45, 2.75) is 43.5 Å². The Morgan fingerprint density at radius 2 is 2.12 bits per heavy atom. The Morgan fingerprint density at radius 3 is 2.82 bits per heavy atom. The summed E-state index contributed by atoms with van der Waals surface area (Å²) in [4.78, 5) is 29.6. The van der Waals surface area contributed by atoms with E-state index in [0.29, 0.717) is 49.6 Å². The lowest BCUT2D eigenvalue weighted by molar-refractivity contribution is -0.121. The Balaban J connectivity index is 1.71. The van der Waals surface area contributed by atoms with Crippen molar-refractivity contribution >= 4 is 60.4 Å². The predicted octanol–water partition coefficient (Wildman–Crippen LogP) is 3.04. The number of nitrogens with one attached hydrogen (secondary N) is 1. The molecule has 1 saturated heterocycles. The van der Waals surface area contributed by atoms with Crippen LogP contribution in [0.5, 0.6) is 0 Å². The van der Waals surface area contributed by atoms with Gasteiger partial charge in [0.05, 0.1) is 16.8 Å². The van der Waals surface area contributed by atoms with Gasteiger partial charge >= 0.3 is 0 Å². The summed E-state index contributed by atoms with van der Waals surface area (Å²) in [7, 11) is -3.74. The minimum absolute atomic E-state index is 0.173. The number of nitrogens with zero attached hydrogens (tertiary/aromatic N) is 3. The number of sulfonamides is 1. The molecule has 9 nitrogen and oxygen atoms in total. The summed E-state index contributed by atoms with van der Waals surface area (Å²) in [5.74, 6) is -0.648. The lowest BCUT2D eigenvalue weighted by atomic mass is 10.2. The Hall–Kier alpha value is -2.38. The lowest BCUT2D eigenvalue weighted by Gasteiger charge is -2.20. The molecular weight excluding hydrogens is 496 g/mol. The normalized spacial score (nSPS) is 17.5. The number of amides is 2. The maximum atomic E-state index is 13.2. The molecule has 0 saturated carbocycles. The van der Waals surface area contributed by atoms with E-state index in [2.05, 4.69) is 10.3 Å². The number of fused-ring (bicyclic) bond motifs is 1. The van der Waals surface area contributed by atoms with Crippen LogP contribution in [0.15, 0.2) is 44.9 Å². The number of carbonyl (C=O) groups excluding carboxylic acids is 2. The molecule has 12 heteroatoms. The highest BCUT2D eigenvalue weighted by Crippen LogP contribution is 2.29. The third kappa shape index (κ3) is 5.15. The van der Waals surface area contributed by atoms with E-state index in [1.807, 2.05) is 23.6 Å². The van der Waals surface area contributed by atoms with Crippen molar-refractivity contribution in [3.63, 3.8) is 0 Å². The first-order chi connectivity index (χ1) is 16.3. The number of hydrogen-bond donors (Lipinski definition) is 1. The van der Waals surface area contributed by atoms with Gasteiger partial charge in [0.25, 0.3) is 15.9 Å². The quantitative estimate of drug-likeness (QED) is 0.457. The standard InChI is InChI=1S/C22H26N4O5S3/c1-3-31-12-11-25-17-9-8-16(23-15(2)27)14-19(17)33-22(25)24-21(28)18-6-4-10-26(18)34(29,30)20-7-5-13-32-20/h5,7-9,13-14,18H,3-4,6,10-12H2,1-2H3,(H,23,27). The van der Waals surface area contributed by atoms with Gasteiger partial charge in [-0.2, -0.15) is 9.30 Å². The van der Waals surface area contributed by atoms with E-state index in [9.17, 15) is 18.0 Å². The van der Waals surface area contributed by atoms with E-state index in [1.165, 1.54) is 22.6 Å². The second-order valence-electron chi connectivity index (χ2n) is 7.75. The number of aromatic nitrogens is 1. The first kappa shape index (κ1) is 24.7. The zero-order chi connectivity index (χ0) is 24.3. The predicted molar refractivity (Wildman–Crippen MR) is 132 cm³/mol. The number of hydrogen-bond acceptors (Lipinski definition) is 7. The largest absolute Gasteiger partial charge is 0.380 e. The molecular formula is C22H26N4O5S3. The molecule has 1 unspecified atom stereocenters. The van der Waals surface area contributed by atoms with Gasteiger partial charge in [0, 0.05) is 32.3 Å². The van der Waals surface area contributed by atoms with Crippen molar-refractivity contribution in [2.24, 2.45) is 4.99 Å². The van der Waals surface area contributed by atoms with Crippen molar-refractivity contribution < 1.29 is 22.7 Å². The van der Waals surface area contributed by atoms with Crippen molar-refractivity contribution in [1.82, 2.24) is 8.87 Å². The van der Waals surface area contributed by atoms with Crippen LogP contribution in [0.25, 0.3) is 10.2 Å². The van der Waals surface area contributed by atoms with Crippen LogP contribution in [0, 0.1) is 0 Å². The molecule has 4 rings (SSSR count). The maximum Gasteiger partial charge on any atom is 0.266 e. The fourth-order valence-electron chi connectivity index (χ4n) is 3.93. The first-order valence-electron chi connectivity index (χ1n) is 10.9. The molecule has 3 aromatic rings. The highest BCUT2D eigenvalue weighted by Gasteiger charge is 2.40. The van der Waals surface area contributed by atoms with Gasteiger partial charge in [-0.1, -0.05) is 17.4 Å². The Labute approximate surface area is 205 Å². The zero-order valence-corrected chi connectivity index (χ0v) is 21.3. The number of anilines is 1. The molecule has 0 radical (unpaired) electrons. The highest BCUT2D eigenvalue weighted by atomic mass is 32.2. The van der Waals surface area contributed by atoms with Crippen molar-refractivity contribution in [3.05, 3.63) is 40.5 Å². The molecule has 1 aliphatic rings. The molecule has 182 valence electrons. The molecule has 1 atom stereocenters. The summed E-state index contributed by atoms with van der Waals surface area (Å²) in [6.45, 7) is 5.15. The summed E-state index contributed by atoms with van der Waals surface area (Å²) in [6, 6.07) is 7.92. The van der Waals surface area contributed by atoms with E-state index >= 15 is 0 Å². The Kier molecular flexibility index (Phi) is 7.63. The van der Waals surface area contributed by atoms with Gasteiger partial charge in [-0.15, -0.1) is 11.3 Å². The minimum atomic E-state index is -3.74. The second kappa shape index (κ2) is 10.5. The second-order valence-corrected chi connectivity index (χ2v) is 11.8. The van der Waals surface area contributed by atoms with Crippen molar-refractivity contribution in [3.8, 4) is 0 Å². The number of thiazole rings is 1. The van der Waals surface area contributed by atoms with Crippen LogP contribution in [0.2, 0.25) is 0 Å². The van der Waals surface area contributed by atoms with Crippen LogP contribution in [0.1, 0.15) is 26.7 Å². The van der Waals surface area contributed by atoms with E-state index in [1.54, 1.807) is 23.6 Å².